The first-order valence-corrected chi connectivity index (χ1v) is 11.1. The molecular weight excluding hydrogens is 422 g/mol. The molecule has 11 nitrogen and oxygen atoms in total. The molecule has 1 aliphatic heterocycles. The van der Waals surface area contributed by atoms with E-state index in [2.05, 4.69) is 25.3 Å². The highest BCUT2D eigenvalue weighted by atomic mass is 16.2. The monoisotopic (exact) mass is 451 g/mol. The van der Waals surface area contributed by atoms with Crippen LogP contribution in [0.4, 0.5) is 5.82 Å². The summed E-state index contributed by atoms with van der Waals surface area (Å²) in [6.45, 7) is 8.94. The fourth-order valence-electron chi connectivity index (χ4n) is 3.99. The Hall–Kier alpha value is -3.63. The molecule has 0 aliphatic carbocycles. The molecule has 1 aliphatic rings. The molecule has 0 spiro atoms. The molecule has 4 rings (SSSR count). The number of rotatable bonds is 6. The van der Waals surface area contributed by atoms with Gasteiger partial charge in [-0.25, -0.2) is 24.9 Å². The highest BCUT2D eigenvalue weighted by Crippen LogP contribution is 2.27. The van der Waals surface area contributed by atoms with Crippen molar-refractivity contribution in [1.82, 2.24) is 39.3 Å². The molecule has 0 aromatic carbocycles. The summed E-state index contributed by atoms with van der Waals surface area (Å²) in [5.74, 6) is 1.66. The maximum absolute atomic E-state index is 13.3. The summed E-state index contributed by atoms with van der Waals surface area (Å²) >= 11 is 0. The molecule has 33 heavy (non-hydrogen) atoms. The number of carbonyl (C=O) groups excluding carboxylic acids is 2. The van der Waals surface area contributed by atoms with Crippen LogP contribution >= 0.6 is 0 Å². The molecule has 1 fully saturated rings. The summed E-state index contributed by atoms with van der Waals surface area (Å²) in [6.07, 6.45) is 5.47. The molecule has 1 saturated heterocycles. The fraction of sp³-hybridized carbons (Fsp3) is 0.500. The third-order valence-electron chi connectivity index (χ3n) is 6.08. The molecule has 0 bridgehead atoms. The predicted molar refractivity (Wildman–Crippen MR) is 123 cm³/mol. The van der Waals surface area contributed by atoms with Crippen LogP contribution in [0, 0.1) is 6.92 Å². The number of fused-ring (bicyclic) bond motifs is 1. The Morgan fingerprint density at radius 2 is 1.94 bits per heavy atom. The minimum absolute atomic E-state index is 0.0296. The Morgan fingerprint density at radius 1 is 1.21 bits per heavy atom. The zero-order valence-electron chi connectivity index (χ0n) is 19.6. The van der Waals surface area contributed by atoms with Crippen LogP contribution in [0.1, 0.15) is 33.0 Å². The summed E-state index contributed by atoms with van der Waals surface area (Å²) < 4.78 is 1.97. The van der Waals surface area contributed by atoms with Gasteiger partial charge in [-0.3, -0.25) is 9.59 Å². The van der Waals surface area contributed by atoms with Crippen LogP contribution in [-0.2, 0) is 16.1 Å². The third kappa shape index (κ3) is 4.22. The van der Waals surface area contributed by atoms with Crippen LogP contribution in [0.15, 0.2) is 18.7 Å². The number of aromatic nitrogens is 6. The van der Waals surface area contributed by atoms with Crippen LogP contribution in [0.2, 0.25) is 0 Å². The number of hydrogen-bond acceptors (Lipinski definition) is 8. The van der Waals surface area contributed by atoms with Crippen LogP contribution in [-0.4, -0.2) is 83.3 Å². The first-order chi connectivity index (χ1) is 15.8. The van der Waals surface area contributed by atoms with Crippen molar-refractivity contribution < 1.29 is 9.59 Å². The summed E-state index contributed by atoms with van der Waals surface area (Å²) in [5, 5.41) is 3.26. The quantitative estimate of drug-likeness (QED) is 0.598. The zero-order valence-corrected chi connectivity index (χ0v) is 19.6. The van der Waals surface area contributed by atoms with Gasteiger partial charge in [0.05, 0.1) is 12.1 Å². The lowest BCUT2D eigenvalue weighted by atomic mass is 10.1. The van der Waals surface area contributed by atoms with Crippen molar-refractivity contribution in [2.75, 3.05) is 25.5 Å². The zero-order chi connectivity index (χ0) is 23.7. The van der Waals surface area contributed by atoms with E-state index in [9.17, 15) is 9.59 Å². The van der Waals surface area contributed by atoms with Crippen LogP contribution in [0.5, 0.6) is 0 Å². The summed E-state index contributed by atoms with van der Waals surface area (Å²) in [7, 11) is 1.77. The Bertz CT molecular complexity index is 1170. The summed E-state index contributed by atoms with van der Waals surface area (Å²) in [6, 6.07) is -0.567. The molecule has 2 amide bonds. The molecule has 2 unspecified atom stereocenters. The van der Waals surface area contributed by atoms with E-state index in [0.29, 0.717) is 48.1 Å². The van der Waals surface area contributed by atoms with Gasteiger partial charge in [-0.15, -0.1) is 0 Å². The molecule has 3 aromatic rings. The largest absolute Gasteiger partial charge is 0.356 e. The molecule has 0 radical (unpaired) electrons. The van der Waals surface area contributed by atoms with E-state index in [1.165, 1.54) is 6.33 Å². The molecule has 0 saturated carbocycles. The Labute approximate surface area is 192 Å². The van der Waals surface area contributed by atoms with Crippen molar-refractivity contribution in [2.45, 2.75) is 52.7 Å². The minimum atomic E-state index is -0.538. The minimum Gasteiger partial charge on any atom is -0.356 e. The van der Waals surface area contributed by atoms with E-state index >= 15 is 0 Å². The SMILES string of the molecule is CCC(Nc1ncnc2c1nc(-c1cnc(C)nc1)n2CC)C(=O)N1CC(=O)N(C)C(C)C1. The van der Waals surface area contributed by atoms with Gasteiger partial charge in [-0.05, 0) is 27.2 Å². The van der Waals surface area contributed by atoms with Gasteiger partial charge in [0, 0.05) is 38.6 Å². The Morgan fingerprint density at radius 3 is 2.58 bits per heavy atom. The molecule has 3 aromatic heterocycles. The average molecular weight is 452 g/mol. The van der Waals surface area contributed by atoms with Crippen molar-refractivity contribution in [3.05, 3.63) is 24.5 Å². The van der Waals surface area contributed by atoms with Gasteiger partial charge in [0.1, 0.15) is 24.0 Å². The lowest BCUT2D eigenvalue weighted by molar-refractivity contribution is -0.147. The summed E-state index contributed by atoms with van der Waals surface area (Å²) in [5.41, 5.74) is 2.01. The molecule has 4 heterocycles. The highest BCUT2D eigenvalue weighted by molar-refractivity contribution is 5.92. The van der Waals surface area contributed by atoms with Gasteiger partial charge < -0.3 is 19.7 Å². The number of imidazole rings is 1. The number of amides is 2. The van der Waals surface area contributed by atoms with E-state index < -0.39 is 6.04 Å². The van der Waals surface area contributed by atoms with Crippen molar-refractivity contribution in [2.24, 2.45) is 0 Å². The van der Waals surface area contributed by atoms with Crippen molar-refractivity contribution in [3.63, 3.8) is 0 Å². The van der Waals surface area contributed by atoms with Crippen molar-refractivity contribution in [3.8, 4) is 11.4 Å². The molecular formula is C22H29N9O2. The third-order valence-corrected chi connectivity index (χ3v) is 6.08. The number of hydrogen-bond donors (Lipinski definition) is 1. The smallest absolute Gasteiger partial charge is 0.245 e. The topological polar surface area (TPSA) is 122 Å². The van der Waals surface area contributed by atoms with Gasteiger partial charge in [0.2, 0.25) is 11.8 Å². The first-order valence-electron chi connectivity index (χ1n) is 11.1. The van der Waals surface area contributed by atoms with E-state index in [4.69, 9.17) is 4.98 Å². The van der Waals surface area contributed by atoms with Crippen LogP contribution in [0.25, 0.3) is 22.6 Å². The van der Waals surface area contributed by atoms with E-state index in [1.54, 1.807) is 29.2 Å². The maximum Gasteiger partial charge on any atom is 0.245 e. The van der Waals surface area contributed by atoms with E-state index in [1.807, 2.05) is 32.3 Å². The number of carbonyl (C=O) groups is 2. The standard InChI is InChI=1S/C22H29N9O2/c1-6-16(22(33)30-10-13(3)29(5)17(32)11-30)27-19-18-21(26-12-25-19)31(7-2)20(28-18)15-8-23-14(4)24-9-15/h8-9,12-13,16H,6-7,10-11H2,1-5H3,(H,25,26,27). The normalized spacial score (nSPS) is 17.5. The van der Waals surface area contributed by atoms with Crippen molar-refractivity contribution in [1.29, 1.82) is 0 Å². The predicted octanol–water partition coefficient (Wildman–Crippen LogP) is 1.49. The maximum atomic E-state index is 13.3. The average Bonchev–Trinajstić information content (AvgIpc) is 3.20. The van der Waals surface area contributed by atoms with Gasteiger partial charge in [-0.1, -0.05) is 6.92 Å². The van der Waals surface area contributed by atoms with Gasteiger partial charge in [0.15, 0.2) is 17.0 Å². The number of anilines is 1. The second-order valence-corrected chi connectivity index (χ2v) is 8.27. The Balaban J connectivity index is 1.66. The first kappa shape index (κ1) is 22.6. The number of piperazine rings is 1. The number of nitrogens with zero attached hydrogens (tertiary/aromatic N) is 8. The Kier molecular flexibility index (Phi) is 6.21. The van der Waals surface area contributed by atoms with Crippen LogP contribution in [0.3, 0.4) is 0 Å². The second kappa shape index (κ2) is 9.08. The highest BCUT2D eigenvalue weighted by Gasteiger charge is 2.33. The fourth-order valence-corrected chi connectivity index (χ4v) is 3.99. The number of nitrogens with one attached hydrogen (secondary N) is 1. The number of likely N-dealkylation sites (N-methyl/N-ethyl adjacent to an activating group) is 1. The van der Waals surface area contributed by atoms with Crippen molar-refractivity contribution >= 4 is 28.8 Å². The van der Waals surface area contributed by atoms with Gasteiger partial charge in [0.25, 0.3) is 0 Å². The molecule has 11 heteroatoms. The van der Waals surface area contributed by atoms with Crippen LogP contribution < -0.4 is 5.32 Å². The van der Waals surface area contributed by atoms with Gasteiger partial charge in [-0.2, -0.15) is 0 Å². The second-order valence-electron chi connectivity index (χ2n) is 8.27. The van der Waals surface area contributed by atoms with E-state index in [0.717, 1.165) is 5.56 Å². The number of aryl methyl sites for hydroxylation is 2. The molecule has 2 atom stereocenters. The van der Waals surface area contributed by atoms with Gasteiger partial charge >= 0.3 is 0 Å². The molecule has 174 valence electrons. The lowest BCUT2D eigenvalue weighted by Gasteiger charge is -2.38. The molecule has 1 N–H and O–H groups in total. The summed E-state index contributed by atoms with van der Waals surface area (Å²) in [4.78, 5) is 51.0. The van der Waals surface area contributed by atoms with E-state index in [-0.39, 0.29) is 24.4 Å². The lowest BCUT2D eigenvalue weighted by Crippen LogP contribution is -2.57.